The van der Waals surface area contributed by atoms with E-state index in [9.17, 15) is 0 Å². The van der Waals surface area contributed by atoms with Crippen LogP contribution in [0.5, 0.6) is 0 Å². The average Bonchev–Trinajstić information content (AvgIpc) is 2.36. The molecular formula is C16H38N2O. The Labute approximate surface area is 121 Å². The van der Waals surface area contributed by atoms with E-state index >= 15 is 0 Å². The molecule has 0 aliphatic heterocycles. The summed E-state index contributed by atoms with van der Waals surface area (Å²) in [7, 11) is 0. The maximum absolute atomic E-state index is 5.88. The first-order valence-electron chi connectivity index (χ1n) is 7.82. The van der Waals surface area contributed by atoms with E-state index in [0.29, 0.717) is 0 Å². The third-order valence-corrected chi connectivity index (χ3v) is 2.69. The Morgan fingerprint density at radius 1 is 0.737 bits per heavy atom. The second-order valence-electron chi connectivity index (χ2n) is 6.38. The molecule has 0 aliphatic rings. The Hall–Kier alpha value is -0.120. The molecule has 0 spiro atoms. The quantitative estimate of drug-likeness (QED) is 0.641. The van der Waals surface area contributed by atoms with E-state index in [0.717, 1.165) is 39.4 Å². The molecule has 19 heavy (non-hydrogen) atoms. The largest absolute Gasteiger partial charge is 0.380 e. The molecule has 0 rings (SSSR count). The monoisotopic (exact) mass is 274 g/mol. The predicted octanol–water partition coefficient (Wildman–Crippen LogP) is 3.30. The Balaban J connectivity index is 0. The molecular weight excluding hydrogens is 236 g/mol. The summed E-state index contributed by atoms with van der Waals surface area (Å²) in [5.74, 6) is 0. The molecule has 0 amide bonds. The molecule has 0 aromatic rings. The van der Waals surface area contributed by atoms with Crippen molar-refractivity contribution in [1.29, 1.82) is 0 Å². The second-order valence-corrected chi connectivity index (χ2v) is 6.38. The molecule has 3 heteroatoms. The number of rotatable bonds is 10. The fourth-order valence-electron chi connectivity index (χ4n) is 1.63. The smallest absolute Gasteiger partial charge is 0.0529 e. The van der Waals surface area contributed by atoms with Gasteiger partial charge < -0.3 is 15.4 Å². The first kappa shape index (κ1) is 21.2. The predicted molar refractivity (Wildman–Crippen MR) is 86.8 cm³/mol. The van der Waals surface area contributed by atoms with Crippen molar-refractivity contribution in [2.75, 3.05) is 39.4 Å². The molecule has 3 nitrogen and oxygen atoms in total. The van der Waals surface area contributed by atoms with Crippen molar-refractivity contribution in [1.82, 2.24) is 10.6 Å². The fourth-order valence-corrected chi connectivity index (χ4v) is 1.63. The minimum Gasteiger partial charge on any atom is -0.380 e. The van der Waals surface area contributed by atoms with Crippen LogP contribution in [-0.4, -0.2) is 39.4 Å². The van der Waals surface area contributed by atoms with Crippen molar-refractivity contribution >= 4 is 0 Å². The van der Waals surface area contributed by atoms with E-state index in [4.69, 9.17) is 4.74 Å². The summed E-state index contributed by atoms with van der Waals surface area (Å²) in [4.78, 5) is 0. The van der Waals surface area contributed by atoms with Crippen LogP contribution < -0.4 is 10.6 Å². The standard InChI is InChI=1S/C14H32N2O.C2H6/c1-7-15-9-13(3,4)11-17-12-14(5,6)10-16-8-2;1-2/h15-16H,7-12H2,1-6H3;1-2H3. The van der Waals surface area contributed by atoms with Gasteiger partial charge in [-0.05, 0) is 13.1 Å². The van der Waals surface area contributed by atoms with Crippen LogP contribution in [0.2, 0.25) is 0 Å². The summed E-state index contributed by atoms with van der Waals surface area (Å²) in [6.07, 6.45) is 0. The Bertz CT molecular complexity index is 171. The lowest BCUT2D eigenvalue weighted by atomic mass is 9.93. The van der Waals surface area contributed by atoms with E-state index in [1.165, 1.54) is 0 Å². The van der Waals surface area contributed by atoms with E-state index in [1.807, 2.05) is 13.8 Å². The normalized spacial score (nSPS) is 12.0. The van der Waals surface area contributed by atoms with Gasteiger partial charge in [-0.3, -0.25) is 0 Å². The molecule has 0 aromatic heterocycles. The van der Waals surface area contributed by atoms with E-state index in [1.54, 1.807) is 0 Å². The maximum Gasteiger partial charge on any atom is 0.0529 e. The van der Waals surface area contributed by atoms with Gasteiger partial charge in [0.2, 0.25) is 0 Å². The summed E-state index contributed by atoms with van der Waals surface area (Å²) in [6, 6.07) is 0. The van der Waals surface area contributed by atoms with Crippen molar-refractivity contribution in [3.63, 3.8) is 0 Å². The highest BCUT2D eigenvalue weighted by atomic mass is 16.5. The van der Waals surface area contributed by atoms with Crippen LogP contribution in [0.1, 0.15) is 55.4 Å². The van der Waals surface area contributed by atoms with Gasteiger partial charge in [-0.25, -0.2) is 0 Å². The van der Waals surface area contributed by atoms with Crippen LogP contribution in [-0.2, 0) is 4.74 Å². The average molecular weight is 274 g/mol. The molecule has 0 atom stereocenters. The van der Waals surface area contributed by atoms with Gasteiger partial charge in [0.05, 0.1) is 13.2 Å². The van der Waals surface area contributed by atoms with Gasteiger partial charge >= 0.3 is 0 Å². The summed E-state index contributed by atoms with van der Waals surface area (Å²) in [5, 5.41) is 6.76. The zero-order valence-electron chi connectivity index (χ0n) is 14.7. The lowest BCUT2D eigenvalue weighted by Crippen LogP contribution is -2.37. The van der Waals surface area contributed by atoms with Crippen LogP contribution >= 0.6 is 0 Å². The highest BCUT2D eigenvalue weighted by Crippen LogP contribution is 2.18. The third-order valence-electron chi connectivity index (χ3n) is 2.69. The molecule has 0 fully saturated rings. The van der Waals surface area contributed by atoms with Crippen molar-refractivity contribution in [2.45, 2.75) is 55.4 Å². The van der Waals surface area contributed by atoms with Crippen molar-refractivity contribution in [3.05, 3.63) is 0 Å². The van der Waals surface area contributed by atoms with Gasteiger partial charge in [0, 0.05) is 23.9 Å². The Morgan fingerprint density at radius 3 is 1.32 bits per heavy atom. The van der Waals surface area contributed by atoms with Gasteiger partial charge in [0.15, 0.2) is 0 Å². The lowest BCUT2D eigenvalue weighted by Gasteiger charge is -2.29. The van der Waals surface area contributed by atoms with Gasteiger partial charge in [-0.15, -0.1) is 0 Å². The van der Waals surface area contributed by atoms with Gasteiger partial charge in [-0.2, -0.15) is 0 Å². The molecule has 0 saturated heterocycles. The van der Waals surface area contributed by atoms with E-state index in [2.05, 4.69) is 52.2 Å². The summed E-state index contributed by atoms with van der Waals surface area (Å²) in [5.41, 5.74) is 0.425. The minimum absolute atomic E-state index is 0.213. The summed E-state index contributed by atoms with van der Waals surface area (Å²) < 4.78 is 5.88. The van der Waals surface area contributed by atoms with Crippen LogP contribution in [0.4, 0.5) is 0 Å². The van der Waals surface area contributed by atoms with Crippen molar-refractivity contribution in [2.24, 2.45) is 10.8 Å². The zero-order chi connectivity index (χ0) is 15.4. The molecule has 0 aromatic carbocycles. The van der Waals surface area contributed by atoms with Crippen molar-refractivity contribution < 1.29 is 4.74 Å². The maximum atomic E-state index is 5.88. The Kier molecular flexibility index (Phi) is 13.0. The molecule has 0 bridgehead atoms. The van der Waals surface area contributed by atoms with Crippen molar-refractivity contribution in [3.8, 4) is 0 Å². The lowest BCUT2D eigenvalue weighted by molar-refractivity contribution is 0.0160. The topological polar surface area (TPSA) is 33.3 Å². The minimum atomic E-state index is 0.213. The molecule has 118 valence electrons. The summed E-state index contributed by atoms with van der Waals surface area (Å²) >= 11 is 0. The molecule has 0 saturated carbocycles. The molecule has 0 heterocycles. The Morgan fingerprint density at radius 2 is 1.05 bits per heavy atom. The summed E-state index contributed by atoms with van der Waals surface area (Å²) in [6.45, 7) is 22.9. The zero-order valence-corrected chi connectivity index (χ0v) is 14.7. The highest BCUT2D eigenvalue weighted by Gasteiger charge is 2.21. The number of hydrogen-bond donors (Lipinski definition) is 2. The fraction of sp³-hybridized carbons (Fsp3) is 1.00. The third kappa shape index (κ3) is 14.1. The molecule has 0 radical (unpaired) electrons. The van der Waals surface area contributed by atoms with E-state index in [-0.39, 0.29) is 10.8 Å². The van der Waals surface area contributed by atoms with Gasteiger partial charge in [-0.1, -0.05) is 55.4 Å². The van der Waals surface area contributed by atoms with Crippen LogP contribution in [0.15, 0.2) is 0 Å². The van der Waals surface area contributed by atoms with Gasteiger partial charge in [0.1, 0.15) is 0 Å². The number of ether oxygens (including phenoxy) is 1. The molecule has 0 unspecified atom stereocenters. The van der Waals surface area contributed by atoms with E-state index < -0.39 is 0 Å². The second kappa shape index (κ2) is 11.7. The van der Waals surface area contributed by atoms with Gasteiger partial charge in [0.25, 0.3) is 0 Å². The highest BCUT2D eigenvalue weighted by molar-refractivity contribution is 4.74. The molecule has 2 N–H and O–H groups in total. The molecule has 0 aliphatic carbocycles. The van der Waals surface area contributed by atoms with Crippen LogP contribution in [0.3, 0.4) is 0 Å². The SMILES string of the molecule is CC.CCNCC(C)(C)COCC(C)(C)CNCC. The number of hydrogen-bond acceptors (Lipinski definition) is 3. The first-order valence-corrected chi connectivity index (χ1v) is 7.82. The number of nitrogens with one attached hydrogen (secondary N) is 2. The van der Waals surface area contributed by atoms with Crippen LogP contribution in [0, 0.1) is 10.8 Å². The first-order chi connectivity index (χ1) is 8.83. The van der Waals surface area contributed by atoms with Crippen LogP contribution in [0.25, 0.3) is 0 Å².